The lowest BCUT2D eigenvalue weighted by molar-refractivity contribution is 0.0157. The van der Waals surface area contributed by atoms with Crippen LogP contribution < -0.4 is 10.6 Å². The second-order valence-electron chi connectivity index (χ2n) is 6.46. The smallest absolute Gasteiger partial charge is 0.0701 e. The van der Waals surface area contributed by atoms with Crippen LogP contribution in [0.5, 0.6) is 0 Å². The third-order valence-electron chi connectivity index (χ3n) is 4.00. The quantitative estimate of drug-likeness (QED) is 0.290. The molecule has 0 spiro atoms. The van der Waals surface area contributed by atoms with Crippen LogP contribution in [-0.2, 0) is 14.2 Å². The van der Waals surface area contributed by atoms with Crippen LogP contribution in [0.3, 0.4) is 0 Å². The fourth-order valence-electron chi connectivity index (χ4n) is 2.43. The molecule has 0 unspecified atom stereocenters. The normalized spacial score (nSPS) is 11.3. The largest absolute Gasteiger partial charge is 0.378 e. The summed E-state index contributed by atoms with van der Waals surface area (Å²) in [6, 6.07) is 0. The zero-order valence-corrected chi connectivity index (χ0v) is 17.0. The average Bonchev–Trinajstić information content (AvgIpc) is 2.63. The summed E-state index contributed by atoms with van der Waals surface area (Å²) in [7, 11) is 0. The lowest BCUT2D eigenvalue weighted by Crippen LogP contribution is -2.22. The second kappa shape index (κ2) is 23.8. The van der Waals surface area contributed by atoms with Crippen molar-refractivity contribution in [3.8, 4) is 0 Å². The van der Waals surface area contributed by atoms with Crippen molar-refractivity contribution in [2.45, 2.75) is 65.2 Å². The number of unbranched alkanes of at least 4 members (excludes halogenated alkanes) is 6. The van der Waals surface area contributed by atoms with Crippen LogP contribution in [-0.4, -0.2) is 65.8 Å². The monoisotopic (exact) mass is 360 g/mol. The van der Waals surface area contributed by atoms with Crippen LogP contribution in [0.2, 0.25) is 0 Å². The molecule has 5 heteroatoms. The molecule has 0 aromatic heterocycles. The van der Waals surface area contributed by atoms with E-state index in [4.69, 9.17) is 14.2 Å². The topological polar surface area (TPSA) is 51.8 Å². The first-order chi connectivity index (χ1) is 12.4. The van der Waals surface area contributed by atoms with Gasteiger partial charge in [-0.1, -0.05) is 52.4 Å². The van der Waals surface area contributed by atoms with Crippen molar-refractivity contribution in [2.24, 2.45) is 0 Å². The summed E-state index contributed by atoms with van der Waals surface area (Å²) < 4.78 is 16.5. The maximum Gasteiger partial charge on any atom is 0.0701 e. The molecule has 0 bridgehead atoms. The minimum atomic E-state index is 0.648. The minimum Gasteiger partial charge on any atom is -0.378 e. The van der Waals surface area contributed by atoms with Crippen LogP contribution in [0.4, 0.5) is 0 Å². The Balaban J connectivity index is 2.94. The zero-order valence-electron chi connectivity index (χ0n) is 17.0. The molecule has 0 saturated heterocycles. The van der Waals surface area contributed by atoms with Crippen LogP contribution in [0.25, 0.3) is 0 Å². The first kappa shape index (κ1) is 24.8. The van der Waals surface area contributed by atoms with E-state index in [1.807, 2.05) is 0 Å². The highest BCUT2D eigenvalue weighted by Gasteiger charge is 1.93. The molecule has 0 aliphatic heterocycles. The van der Waals surface area contributed by atoms with Gasteiger partial charge in [0, 0.05) is 13.1 Å². The Morgan fingerprint density at radius 1 is 0.440 bits per heavy atom. The van der Waals surface area contributed by atoms with Gasteiger partial charge in [0.1, 0.15) is 0 Å². The Morgan fingerprint density at radius 3 is 1.24 bits per heavy atom. The van der Waals surface area contributed by atoms with E-state index in [2.05, 4.69) is 24.5 Å². The second-order valence-corrected chi connectivity index (χ2v) is 6.46. The highest BCUT2D eigenvalue weighted by atomic mass is 16.5. The standard InChI is InChI=1S/C20H44N2O3/c1-3-5-7-9-11-21-13-15-23-17-19-25-20-18-24-16-14-22-12-10-8-6-4-2/h21-22H,3-20H2,1-2H3. The van der Waals surface area contributed by atoms with Gasteiger partial charge in [-0.3, -0.25) is 0 Å². The summed E-state index contributed by atoms with van der Waals surface area (Å²) in [5.41, 5.74) is 0. The molecule has 0 aromatic rings. The first-order valence-corrected chi connectivity index (χ1v) is 10.6. The number of nitrogens with one attached hydrogen (secondary N) is 2. The van der Waals surface area contributed by atoms with Gasteiger partial charge in [0.15, 0.2) is 0 Å². The molecule has 5 nitrogen and oxygen atoms in total. The molecule has 0 rings (SSSR count). The fraction of sp³-hybridized carbons (Fsp3) is 1.00. The Bertz CT molecular complexity index is 209. The molecule has 0 saturated carbocycles. The van der Waals surface area contributed by atoms with E-state index in [-0.39, 0.29) is 0 Å². The van der Waals surface area contributed by atoms with Crippen molar-refractivity contribution >= 4 is 0 Å². The average molecular weight is 361 g/mol. The number of ether oxygens (including phenoxy) is 3. The van der Waals surface area contributed by atoms with E-state index in [1.54, 1.807) is 0 Å². The maximum absolute atomic E-state index is 5.52. The minimum absolute atomic E-state index is 0.648. The molecule has 0 fully saturated rings. The van der Waals surface area contributed by atoms with Crippen molar-refractivity contribution in [1.29, 1.82) is 0 Å². The Hall–Kier alpha value is -0.200. The van der Waals surface area contributed by atoms with Gasteiger partial charge >= 0.3 is 0 Å². The third kappa shape index (κ3) is 23.8. The Kier molecular flexibility index (Phi) is 23.6. The van der Waals surface area contributed by atoms with Crippen LogP contribution in [0, 0.1) is 0 Å². The molecular formula is C20H44N2O3. The Morgan fingerprint density at radius 2 is 0.840 bits per heavy atom. The molecule has 0 aliphatic carbocycles. The SMILES string of the molecule is CCCCCCNCCOCCOCCOCCNCCCCCC. The van der Waals surface area contributed by atoms with Crippen molar-refractivity contribution < 1.29 is 14.2 Å². The summed E-state index contributed by atoms with van der Waals surface area (Å²) in [4.78, 5) is 0. The van der Waals surface area contributed by atoms with Gasteiger partial charge in [-0.2, -0.15) is 0 Å². The van der Waals surface area contributed by atoms with Gasteiger partial charge in [-0.05, 0) is 25.9 Å². The lowest BCUT2D eigenvalue weighted by atomic mass is 10.2. The molecular weight excluding hydrogens is 316 g/mol. The number of hydrogen-bond acceptors (Lipinski definition) is 5. The maximum atomic E-state index is 5.52. The lowest BCUT2D eigenvalue weighted by Gasteiger charge is -2.08. The van der Waals surface area contributed by atoms with Crippen LogP contribution in [0.1, 0.15) is 65.2 Å². The molecule has 0 radical (unpaired) electrons. The molecule has 25 heavy (non-hydrogen) atoms. The third-order valence-corrected chi connectivity index (χ3v) is 4.00. The van der Waals surface area contributed by atoms with E-state index in [0.29, 0.717) is 26.4 Å². The Labute approximate surface area is 156 Å². The molecule has 0 atom stereocenters. The van der Waals surface area contributed by atoms with E-state index >= 15 is 0 Å². The molecule has 0 aromatic carbocycles. The summed E-state index contributed by atoms with van der Waals surface area (Å²) in [5.74, 6) is 0. The van der Waals surface area contributed by atoms with Gasteiger partial charge < -0.3 is 24.8 Å². The molecule has 0 amide bonds. The van der Waals surface area contributed by atoms with Crippen molar-refractivity contribution in [2.75, 3.05) is 65.8 Å². The van der Waals surface area contributed by atoms with E-state index in [0.717, 1.165) is 39.4 Å². The number of hydrogen-bond donors (Lipinski definition) is 2. The van der Waals surface area contributed by atoms with Gasteiger partial charge in [0.2, 0.25) is 0 Å². The summed E-state index contributed by atoms with van der Waals surface area (Å²) in [5, 5.41) is 6.80. The predicted molar refractivity (Wildman–Crippen MR) is 106 cm³/mol. The summed E-state index contributed by atoms with van der Waals surface area (Å²) in [6.45, 7) is 12.7. The van der Waals surface area contributed by atoms with E-state index < -0.39 is 0 Å². The van der Waals surface area contributed by atoms with Crippen molar-refractivity contribution in [3.05, 3.63) is 0 Å². The summed E-state index contributed by atoms with van der Waals surface area (Å²) in [6.07, 6.45) is 10.5. The summed E-state index contributed by atoms with van der Waals surface area (Å²) >= 11 is 0. The van der Waals surface area contributed by atoms with Gasteiger partial charge in [-0.25, -0.2) is 0 Å². The van der Waals surface area contributed by atoms with E-state index in [1.165, 1.54) is 51.4 Å². The molecule has 152 valence electrons. The van der Waals surface area contributed by atoms with Gasteiger partial charge in [0.05, 0.1) is 39.6 Å². The highest BCUT2D eigenvalue weighted by molar-refractivity contribution is 4.49. The first-order valence-electron chi connectivity index (χ1n) is 10.6. The van der Waals surface area contributed by atoms with Crippen molar-refractivity contribution in [1.82, 2.24) is 10.6 Å². The van der Waals surface area contributed by atoms with Crippen LogP contribution >= 0.6 is 0 Å². The highest BCUT2D eigenvalue weighted by Crippen LogP contribution is 1.97. The molecule has 0 aliphatic rings. The van der Waals surface area contributed by atoms with Crippen LogP contribution in [0.15, 0.2) is 0 Å². The molecule has 0 heterocycles. The van der Waals surface area contributed by atoms with E-state index in [9.17, 15) is 0 Å². The molecule has 2 N–H and O–H groups in total. The van der Waals surface area contributed by atoms with Gasteiger partial charge in [-0.15, -0.1) is 0 Å². The van der Waals surface area contributed by atoms with Gasteiger partial charge in [0.25, 0.3) is 0 Å². The zero-order chi connectivity index (χ0) is 18.3. The number of rotatable bonds is 22. The predicted octanol–water partition coefficient (Wildman–Crippen LogP) is 3.38. The fourth-order valence-corrected chi connectivity index (χ4v) is 2.43. The van der Waals surface area contributed by atoms with Crippen molar-refractivity contribution in [3.63, 3.8) is 0 Å².